The summed E-state index contributed by atoms with van der Waals surface area (Å²) in [4.78, 5) is 36.6. The van der Waals surface area contributed by atoms with Gasteiger partial charge in [-0.3, -0.25) is 19.8 Å². The zero-order chi connectivity index (χ0) is 20.8. The second-order valence-electron chi connectivity index (χ2n) is 7.30. The summed E-state index contributed by atoms with van der Waals surface area (Å²) in [6, 6.07) is 6.89. The highest BCUT2D eigenvalue weighted by molar-refractivity contribution is 5.95. The fourth-order valence-corrected chi connectivity index (χ4v) is 3.10. The van der Waals surface area contributed by atoms with Crippen LogP contribution in [0.15, 0.2) is 36.7 Å². The maximum absolute atomic E-state index is 12.7. The molecule has 2 amide bonds. The quantitative estimate of drug-likeness (QED) is 0.501. The summed E-state index contributed by atoms with van der Waals surface area (Å²) in [5, 5.41) is 12.1. The molecular formula is C20H26N6O3. The molecule has 0 aromatic carbocycles. The Hall–Kier alpha value is -3.20. The molecule has 0 spiro atoms. The predicted molar refractivity (Wildman–Crippen MR) is 109 cm³/mol. The van der Waals surface area contributed by atoms with Crippen LogP contribution in [-0.4, -0.2) is 64.6 Å². The molecule has 0 aliphatic carbocycles. The summed E-state index contributed by atoms with van der Waals surface area (Å²) in [7, 11) is 0. The maximum Gasteiger partial charge on any atom is 0.276 e. The van der Waals surface area contributed by atoms with E-state index in [1.807, 2.05) is 12.1 Å². The molecule has 3 heterocycles. The van der Waals surface area contributed by atoms with Crippen LogP contribution in [0, 0.1) is 5.92 Å². The highest BCUT2D eigenvalue weighted by Crippen LogP contribution is 2.24. The minimum absolute atomic E-state index is 0.181. The van der Waals surface area contributed by atoms with E-state index in [2.05, 4.69) is 34.0 Å². The average Bonchev–Trinajstić information content (AvgIpc) is 2.77. The molecule has 1 aliphatic heterocycles. The largest absolute Gasteiger partial charge is 0.382 e. The first-order valence-electron chi connectivity index (χ1n) is 9.63. The van der Waals surface area contributed by atoms with E-state index in [9.17, 15) is 9.59 Å². The molecule has 1 aliphatic rings. The number of nitrogens with zero attached hydrogens (tertiary/aromatic N) is 4. The zero-order valence-corrected chi connectivity index (χ0v) is 16.6. The van der Waals surface area contributed by atoms with Crippen molar-refractivity contribution >= 4 is 23.3 Å². The normalized spacial score (nSPS) is 14.1. The van der Waals surface area contributed by atoms with Crippen LogP contribution in [0.5, 0.6) is 0 Å². The smallest absolute Gasteiger partial charge is 0.276 e. The van der Waals surface area contributed by atoms with E-state index in [1.165, 1.54) is 18.3 Å². The Bertz CT molecular complexity index is 848. The van der Waals surface area contributed by atoms with Crippen LogP contribution >= 0.6 is 0 Å². The number of rotatable bonds is 6. The fourth-order valence-electron chi connectivity index (χ4n) is 3.10. The van der Waals surface area contributed by atoms with Gasteiger partial charge in [-0.25, -0.2) is 10.5 Å². The Balaban J connectivity index is 1.62. The zero-order valence-electron chi connectivity index (χ0n) is 16.6. The van der Waals surface area contributed by atoms with Gasteiger partial charge in [0, 0.05) is 45.1 Å². The molecule has 154 valence electrons. The van der Waals surface area contributed by atoms with Crippen molar-refractivity contribution in [1.82, 2.24) is 20.3 Å². The standard InChI is InChI=1S/C20H26N6O3/c1-14(2)12-22-16-4-3-7-21-18(16)25-8-10-26(11-9-25)20(28)17-6-5-15(13-23-17)19(27)24-29/h3-7,13-14,22,29H,8-12H2,1-2H3,(H,24,27). The van der Waals surface area contributed by atoms with Gasteiger partial charge in [-0.05, 0) is 30.2 Å². The van der Waals surface area contributed by atoms with Crippen molar-refractivity contribution in [3.63, 3.8) is 0 Å². The van der Waals surface area contributed by atoms with E-state index in [4.69, 9.17) is 5.21 Å². The van der Waals surface area contributed by atoms with Crippen LogP contribution in [0.1, 0.15) is 34.7 Å². The minimum Gasteiger partial charge on any atom is -0.382 e. The molecule has 1 saturated heterocycles. The summed E-state index contributed by atoms with van der Waals surface area (Å²) >= 11 is 0. The summed E-state index contributed by atoms with van der Waals surface area (Å²) in [6.45, 7) is 7.63. The summed E-state index contributed by atoms with van der Waals surface area (Å²) in [5.41, 5.74) is 3.00. The second-order valence-corrected chi connectivity index (χ2v) is 7.30. The third-order valence-corrected chi connectivity index (χ3v) is 4.70. The molecule has 0 saturated carbocycles. The molecule has 2 aromatic rings. The van der Waals surface area contributed by atoms with E-state index < -0.39 is 5.91 Å². The molecular weight excluding hydrogens is 372 g/mol. The monoisotopic (exact) mass is 398 g/mol. The Kier molecular flexibility index (Phi) is 6.61. The average molecular weight is 398 g/mol. The Morgan fingerprint density at radius 2 is 1.90 bits per heavy atom. The van der Waals surface area contributed by atoms with Crippen molar-refractivity contribution in [2.75, 3.05) is 42.9 Å². The highest BCUT2D eigenvalue weighted by atomic mass is 16.5. The van der Waals surface area contributed by atoms with Crippen LogP contribution in [-0.2, 0) is 0 Å². The Morgan fingerprint density at radius 3 is 2.52 bits per heavy atom. The lowest BCUT2D eigenvalue weighted by Gasteiger charge is -2.36. The first-order chi connectivity index (χ1) is 14.0. The van der Waals surface area contributed by atoms with Gasteiger partial charge >= 0.3 is 0 Å². The second kappa shape index (κ2) is 9.33. The van der Waals surface area contributed by atoms with Crippen molar-refractivity contribution in [3.8, 4) is 0 Å². The van der Waals surface area contributed by atoms with E-state index in [-0.39, 0.29) is 17.2 Å². The Morgan fingerprint density at radius 1 is 1.14 bits per heavy atom. The van der Waals surface area contributed by atoms with Crippen molar-refractivity contribution in [2.24, 2.45) is 5.92 Å². The van der Waals surface area contributed by atoms with Gasteiger partial charge in [0.05, 0.1) is 11.3 Å². The van der Waals surface area contributed by atoms with Gasteiger partial charge in [-0.15, -0.1) is 0 Å². The number of aromatic nitrogens is 2. The lowest BCUT2D eigenvalue weighted by molar-refractivity contribution is 0.0702. The van der Waals surface area contributed by atoms with Gasteiger partial charge in [0.15, 0.2) is 5.82 Å². The first-order valence-corrected chi connectivity index (χ1v) is 9.63. The van der Waals surface area contributed by atoms with E-state index in [0.717, 1.165) is 18.1 Å². The van der Waals surface area contributed by atoms with Gasteiger partial charge in [0.1, 0.15) is 5.69 Å². The molecule has 2 aromatic heterocycles. The van der Waals surface area contributed by atoms with Crippen molar-refractivity contribution < 1.29 is 14.8 Å². The third kappa shape index (κ3) is 5.00. The minimum atomic E-state index is -0.664. The SMILES string of the molecule is CC(C)CNc1cccnc1N1CCN(C(=O)c2ccc(C(=O)NO)cn2)CC1. The van der Waals surface area contributed by atoms with Crippen molar-refractivity contribution in [3.05, 3.63) is 47.9 Å². The highest BCUT2D eigenvalue weighted by Gasteiger charge is 2.25. The summed E-state index contributed by atoms with van der Waals surface area (Å²) in [5.74, 6) is 0.583. The van der Waals surface area contributed by atoms with E-state index in [1.54, 1.807) is 16.6 Å². The van der Waals surface area contributed by atoms with Crippen molar-refractivity contribution in [1.29, 1.82) is 0 Å². The lowest BCUT2D eigenvalue weighted by Crippen LogP contribution is -2.49. The number of carbonyl (C=O) groups excluding carboxylic acids is 2. The fraction of sp³-hybridized carbons (Fsp3) is 0.400. The van der Waals surface area contributed by atoms with E-state index >= 15 is 0 Å². The van der Waals surface area contributed by atoms with Crippen molar-refractivity contribution in [2.45, 2.75) is 13.8 Å². The number of anilines is 2. The van der Waals surface area contributed by atoms with Crippen LogP contribution in [0.3, 0.4) is 0 Å². The number of carbonyl (C=O) groups is 2. The molecule has 1 fully saturated rings. The number of amides is 2. The molecule has 29 heavy (non-hydrogen) atoms. The molecule has 0 atom stereocenters. The first kappa shape index (κ1) is 20.5. The maximum atomic E-state index is 12.7. The van der Waals surface area contributed by atoms with Gasteiger partial charge < -0.3 is 15.1 Å². The topological polar surface area (TPSA) is 111 Å². The molecule has 9 heteroatoms. The van der Waals surface area contributed by atoms with Gasteiger partial charge in [0.2, 0.25) is 0 Å². The molecule has 0 bridgehead atoms. The number of piperazine rings is 1. The molecule has 0 unspecified atom stereocenters. The van der Waals surface area contributed by atoms with Gasteiger partial charge in [0.25, 0.3) is 11.8 Å². The summed E-state index contributed by atoms with van der Waals surface area (Å²) < 4.78 is 0. The van der Waals surface area contributed by atoms with Crippen LogP contribution in [0.2, 0.25) is 0 Å². The molecule has 0 radical (unpaired) electrons. The molecule has 3 N–H and O–H groups in total. The predicted octanol–water partition coefficient (Wildman–Crippen LogP) is 1.63. The van der Waals surface area contributed by atoms with Crippen LogP contribution in [0.25, 0.3) is 0 Å². The van der Waals surface area contributed by atoms with Crippen LogP contribution in [0.4, 0.5) is 11.5 Å². The molecule has 9 nitrogen and oxygen atoms in total. The molecule has 3 rings (SSSR count). The number of nitrogens with one attached hydrogen (secondary N) is 2. The number of pyridine rings is 2. The van der Waals surface area contributed by atoms with E-state index in [0.29, 0.717) is 32.1 Å². The number of hydrogen-bond donors (Lipinski definition) is 3. The van der Waals surface area contributed by atoms with Gasteiger partial charge in [-0.1, -0.05) is 13.8 Å². The number of hydroxylamine groups is 1. The summed E-state index contributed by atoms with van der Waals surface area (Å²) in [6.07, 6.45) is 3.05. The van der Waals surface area contributed by atoms with Gasteiger partial charge in [-0.2, -0.15) is 0 Å². The third-order valence-electron chi connectivity index (χ3n) is 4.70. The number of hydrogen-bond acceptors (Lipinski definition) is 7. The Labute approximate surface area is 169 Å². The van der Waals surface area contributed by atoms with Crippen LogP contribution < -0.4 is 15.7 Å². The lowest BCUT2D eigenvalue weighted by atomic mass is 10.2.